The molecule has 1 saturated heterocycles. The third-order valence-electron chi connectivity index (χ3n) is 3.88. The molecule has 1 aromatic rings. The Morgan fingerprint density at radius 3 is 2.64 bits per heavy atom. The highest BCUT2D eigenvalue weighted by Gasteiger charge is 2.37. The summed E-state index contributed by atoms with van der Waals surface area (Å²) >= 11 is 1.21. The number of thioether (sulfide) groups is 1. The molecule has 0 radical (unpaired) electrons. The number of sulfonamides is 1. The van der Waals surface area contributed by atoms with Gasteiger partial charge in [0, 0.05) is 18.8 Å². The summed E-state index contributed by atoms with van der Waals surface area (Å²) in [5.74, 6) is -0.775. The van der Waals surface area contributed by atoms with E-state index in [1.807, 2.05) is 0 Å². The molecule has 1 atom stereocenters. The second-order valence-electron chi connectivity index (χ2n) is 5.68. The Bertz CT molecular complexity index is 694. The molecule has 2 N–H and O–H groups in total. The van der Waals surface area contributed by atoms with Gasteiger partial charge in [-0.25, -0.2) is 8.42 Å². The van der Waals surface area contributed by atoms with Crippen LogP contribution in [-0.4, -0.2) is 60.3 Å². The summed E-state index contributed by atoms with van der Waals surface area (Å²) in [5, 5.41) is 11.3. The SMILES string of the molecule is O=C(O)CSCCNC(=O)C1CCCCN1S(=O)(=O)c1ccccc1. The molecule has 1 fully saturated rings. The molecule has 1 aliphatic heterocycles. The summed E-state index contributed by atoms with van der Waals surface area (Å²) in [5.41, 5.74) is 0. The molecule has 0 bridgehead atoms. The van der Waals surface area contributed by atoms with Gasteiger partial charge in [-0.15, -0.1) is 11.8 Å². The number of piperidine rings is 1. The largest absolute Gasteiger partial charge is 0.481 e. The lowest BCUT2D eigenvalue weighted by Crippen LogP contribution is -2.52. The Hall–Kier alpha value is -1.58. The molecule has 1 aromatic carbocycles. The molecule has 7 nitrogen and oxygen atoms in total. The fourth-order valence-electron chi connectivity index (χ4n) is 2.71. The molecule has 1 aliphatic rings. The highest BCUT2D eigenvalue weighted by Crippen LogP contribution is 2.25. The quantitative estimate of drug-likeness (QED) is 0.650. The number of carbonyl (C=O) groups is 2. The first kappa shape index (κ1) is 19.7. The van der Waals surface area contributed by atoms with Crippen LogP contribution in [0.4, 0.5) is 0 Å². The summed E-state index contributed by atoms with van der Waals surface area (Å²) < 4.78 is 26.9. The second kappa shape index (κ2) is 9.21. The maximum absolute atomic E-state index is 12.8. The van der Waals surface area contributed by atoms with Crippen molar-refractivity contribution in [2.75, 3.05) is 24.6 Å². The van der Waals surface area contributed by atoms with Crippen LogP contribution in [0.5, 0.6) is 0 Å². The zero-order valence-electron chi connectivity index (χ0n) is 13.8. The zero-order valence-corrected chi connectivity index (χ0v) is 15.4. The number of carbonyl (C=O) groups excluding carboxylic acids is 1. The van der Waals surface area contributed by atoms with Crippen molar-refractivity contribution in [1.82, 2.24) is 9.62 Å². The Kier molecular flexibility index (Phi) is 7.27. The minimum absolute atomic E-state index is 0.0200. The average molecular weight is 386 g/mol. The van der Waals surface area contributed by atoms with Gasteiger partial charge in [-0.2, -0.15) is 4.31 Å². The highest BCUT2D eigenvalue weighted by atomic mass is 32.2. The maximum atomic E-state index is 12.8. The van der Waals surface area contributed by atoms with Crippen LogP contribution < -0.4 is 5.32 Å². The van der Waals surface area contributed by atoms with Crippen molar-refractivity contribution in [2.45, 2.75) is 30.2 Å². The van der Waals surface area contributed by atoms with Gasteiger partial charge in [-0.05, 0) is 25.0 Å². The lowest BCUT2D eigenvalue weighted by Gasteiger charge is -2.33. The minimum atomic E-state index is -3.71. The van der Waals surface area contributed by atoms with Gasteiger partial charge in [-0.1, -0.05) is 24.6 Å². The molecular weight excluding hydrogens is 364 g/mol. The van der Waals surface area contributed by atoms with E-state index < -0.39 is 22.0 Å². The summed E-state index contributed by atoms with van der Waals surface area (Å²) in [7, 11) is -3.71. The fraction of sp³-hybridized carbons (Fsp3) is 0.500. The van der Waals surface area contributed by atoms with Crippen molar-refractivity contribution in [2.24, 2.45) is 0 Å². The molecule has 0 spiro atoms. The van der Waals surface area contributed by atoms with Gasteiger partial charge < -0.3 is 10.4 Å². The number of carboxylic acid groups (broad SMARTS) is 1. The average Bonchev–Trinajstić information content (AvgIpc) is 2.61. The van der Waals surface area contributed by atoms with Crippen LogP contribution in [0, 0.1) is 0 Å². The van der Waals surface area contributed by atoms with E-state index in [0.29, 0.717) is 25.3 Å². The first-order valence-electron chi connectivity index (χ1n) is 8.07. The number of hydrogen-bond donors (Lipinski definition) is 2. The minimum Gasteiger partial charge on any atom is -0.481 e. The van der Waals surface area contributed by atoms with Gasteiger partial charge in [0.25, 0.3) is 0 Å². The topological polar surface area (TPSA) is 104 Å². The summed E-state index contributed by atoms with van der Waals surface area (Å²) in [4.78, 5) is 23.1. The second-order valence-corrected chi connectivity index (χ2v) is 8.67. The molecule has 0 saturated carbocycles. The number of nitrogens with zero attached hydrogens (tertiary/aromatic N) is 1. The number of amides is 1. The van der Waals surface area contributed by atoms with E-state index in [2.05, 4.69) is 5.32 Å². The predicted molar refractivity (Wildman–Crippen MR) is 95.9 cm³/mol. The molecule has 9 heteroatoms. The van der Waals surface area contributed by atoms with Gasteiger partial charge in [0.2, 0.25) is 15.9 Å². The van der Waals surface area contributed by atoms with Crippen LogP contribution in [0.3, 0.4) is 0 Å². The lowest BCUT2D eigenvalue weighted by atomic mass is 10.0. The number of aliphatic carboxylic acids is 1. The first-order valence-corrected chi connectivity index (χ1v) is 10.7. The Morgan fingerprint density at radius 2 is 1.96 bits per heavy atom. The van der Waals surface area contributed by atoms with Crippen molar-refractivity contribution in [3.05, 3.63) is 30.3 Å². The van der Waals surface area contributed by atoms with Crippen LogP contribution in [0.15, 0.2) is 35.2 Å². The van der Waals surface area contributed by atoms with E-state index in [-0.39, 0.29) is 16.6 Å². The van der Waals surface area contributed by atoms with Gasteiger partial charge >= 0.3 is 5.97 Å². The molecular formula is C16H22N2O5S2. The third kappa shape index (κ3) is 5.45. The molecule has 25 heavy (non-hydrogen) atoms. The van der Waals surface area contributed by atoms with Crippen LogP contribution in [0.2, 0.25) is 0 Å². The van der Waals surface area contributed by atoms with Crippen LogP contribution >= 0.6 is 11.8 Å². The summed E-state index contributed by atoms with van der Waals surface area (Å²) in [6.45, 7) is 0.635. The van der Waals surface area contributed by atoms with E-state index in [4.69, 9.17) is 5.11 Å². The Balaban J connectivity index is 2.00. The Morgan fingerprint density at radius 1 is 1.24 bits per heavy atom. The van der Waals surface area contributed by atoms with Crippen molar-refractivity contribution >= 4 is 33.7 Å². The van der Waals surface area contributed by atoms with E-state index in [1.165, 1.54) is 28.2 Å². The molecule has 1 heterocycles. The fourth-order valence-corrected chi connectivity index (χ4v) is 4.95. The van der Waals surface area contributed by atoms with E-state index >= 15 is 0 Å². The van der Waals surface area contributed by atoms with E-state index in [1.54, 1.807) is 18.2 Å². The molecule has 138 valence electrons. The first-order chi connectivity index (χ1) is 11.9. The van der Waals surface area contributed by atoms with Gasteiger partial charge in [-0.3, -0.25) is 9.59 Å². The number of nitrogens with one attached hydrogen (secondary N) is 1. The summed E-state index contributed by atoms with van der Waals surface area (Å²) in [6.07, 6.45) is 2.01. The van der Waals surface area contributed by atoms with Crippen LogP contribution in [0.25, 0.3) is 0 Å². The molecule has 1 unspecified atom stereocenters. The van der Waals surface area contributed by atoms with Crippen molar-refractivity contribution in [3.8, 4) is 0 Å². The number of carboxylic acids is 1. The number of hydrogen-bond acceptors (Lipinski definition) is 5. The third-order valence-corrected chi connectivity index (χ3v) is 6.74. The molecule has 2 rings (SSSR count). The summed E-state index contributed by atoms with van der Waals surface area (Å²) in [6, 6.07) is 7.40. The molecule has 0 aliphatic carbocycles. The highest BCUT2D eigenvalue weighted by molar-refractivity contribution is 7.99. The van der Waals surface area contributed by atoms with Gasteiger partial charge in [0.15, 0.2) is 0 Å². The standard InChI is InChI=1S/C16H22N2O5S2/c19-15(20)12-24-11-9-17-16(21)14-8-4-5-10-18(14)25(22,23)13-6-2-1-3-7-13/h1-3,6-7,14H,4-5,8-12H2,(H,17,21)(H,19,20). The van der Waals surface area contributed by atoms with Crippen molar-refractivity contribution in [3.63, 3.8) is 0 Å². The van der Waals surface area contributed by atoms with E-state index in [9.17, 15) is 18.0 Å². The lowest BCUT2D eigenvalue weighted by molar-refractivity contribution is -0.134. The monoisotopic (exact) mass is 386 g/mol. The normalized spacial score (nSPS) is 18.6. The number of rotatable bonds is 8. The van der Waals surface area contributed by atoms with Crippen LogP contribution in [-0.2, 0) is 19.6 Å². The maximum Gasteiger partial charge on any atom is 0.313 e. The molecule has 1 amide bonds. The smallest absolute Gasteiger partial charge is 0.313 e. The van der Waals surface area contributed by atoms with Crippen molar-refractivity contribution in [1.29, 1.82) is 0 Å². The zero-order chi connectivity index (χ0) is 18.3. The van der Waals surface area contributed by atoms with Crippen LogP contribution in [0.1, 0.15) is 19.3 Å². The van der Waals surface area contributed by atoms with Crippen molar-refractivity contribution < 1.29 is 23.1 Å². The number of benzene rings is 1. The van der Waals surface area contributed by atoms with Gasteiger partial charge in [0.1, 0.15) is 6.04 Å². The molecule has 0 aromatic heterocycles. The predicted octanol–water partition coefficient (Wildman–Crippen LogP) is 1.16. The van der Waals surface area contributed by atoms with Gasteiger partial charge in [0.05, 0.1) is 10.6 Å². The Labute approximate surface area is 151 Å². The van der Waals surface area contributed by atoms with E-state index in [0.717, 1.165) is 12.8 Å².